The number of alkyl halides is 3. The molecule has 4 rings (SSSR count). The zero-order valence-electron chi connectivity index (χ0n) is 19.1. The van der Waals surface area contributed by atoms with E-state index in [1.165, 1.54) is 6.07 Å². The van der Waals surface area contributed by atoms with Crippen molar-refractivity contribution in [2.75, 3.05) is 38.2 Å². The van der Waals surface area contributed by atoms with E-state index < -0.39 is 11.7 Å². The Morgan fingerprint density at radius 1 is 0.912 bits per heavy atom. The number of carbonyl (C=O) groups is 2. The normalized spacial score (nSPS) is 18.1. The van der Waals surface area contributed by atoms with Crippen molar-refractivity contribution in [3.05, 3.63) is 53.7 Å². The van der Waals surface area contributed by atoms with Crippen molar-refractivity contribution in [2.24, 2.45) is 11.8 Å². The third kappa shape index (κ3) is 5.34. The van der Waals surface area contributed by atoms with E-state index >= 15 is 0 Å². The fourth-order valence-corrected chi connectivity index (χ4v) is 4.71. The number of piperidine rings is 2. The van der Waals surface area contributed by atoms with E-state index in [0.29, 0.717) is 69.0 Å². The number of hydrogen-bond acceptors (Lipinski definition) is 5. The third-order valence-corrected chi connectivity index (χ3v) is 6.80. The zero-order chi connectivity index (χ0) is 24.3. The van der Waals surface area contributed by atoms with Gasteiger partial charge in [-0.3, -0.25) is 9.59 Å². The molecule has 2 aromatic rings. The predicted octanol–water partition coefficient (Wildman–Crippen LogP) is 4.45. The number of aromatic nitrogens is 1. The molecule has 9 heteroatoms. The fraction of sp³-hybridized carbons (Fsp3) is 0.480. The first-order valence-electron chi connectivity index (χ1n) is 11.5. The fourth-order valence-electron chi connectivity index (χ4n) is 4.71. The number of Topliss-reactive ketones (excluding diaryl/α,β-unsaturated/α-hetero) is 1. The first kappa shape index (κ1) is 24.0. The van der Waals surface area contributed by atoms with Gasteiger partial charge in [0.15, 0.2) is 5.78 Å². The Kier molecular flexibility index (Phi) is 7.09. The van der Waals surface area contributed by atoms with Crippen LogP contribution in [0.25, 0.3) is 0 Å². The highest BCUT2D eigenvalue weighted by atomic mass is 19.4. The van der Waals surface area contributed by atoms with Crippen LogP contribution in [0.1, 0.15) is 41.6 Å². The summed E-state index contributed by atoms with van der Waals surface area (Å²) >= 11 is 0. The minimum absolute atomic E-state index is 0.0926. The number of amides is 1. The Balaban J connectivity index is 1.26. The van der Waals surface area contributed by atoms with Gasteiger partial charge in [-0.1, -0.05) is 0 Å². The number of anilines is 1. The Bertz CT molecular complexity index is 993. The van der Waals surface area contributed by atoms with Gasteiger partial charge in [-0.05, 0) is 62.1 Å². The Morgan fingerprint density at radius 3 is 2.06 bits per heavy atom. The maximum Gasteiger partial charge on any atom is 0.417 e. The van der Waals surface area contributed by atoms with Gasteiger partial charge < -0.3 is 14.5 Å². The number of rotatable bonds is 5. The van der Waals surface area contributed by atoms with Crippen LogP contribution in [0.4, 0.5) is 19.0 Å². The summed E-state index contributed by atoms with van der Waals surface area (Å²) in [7, 11) is 1.58. The van der Waals surface area contributed by atoms with Gasteiger partial charge in [0.25, 0.3) is 0 Å². The van der Waals surface area contributed by atoms with E-state index in [0.717, 1.165) is 12.3 Å². The summed E-state index contributed by atoms with van der Waals surface area (Å²) in [6.45, 7) is 2.26. The maximum atomic E-state index is 13.0. The SMILES string of the molecule is COc1ccc(C(=O)C2CCN(C(=O)C3CCN(c4ccc(C(F)(F)F)cn4)CC3)CC2)cc1. The van der Waals surface area contributed by atoms with Crippen LogP contribution < -0.4 is 9.64 Å². The van der Waals surface area contributed by atoms with Crippen LogP contribution in [-0.4, -0.2) is 54.9 Å². The molecule has 3 heterocycles. The van der Waals surface area contributed by atoms with E-state index in [1.54, 1.807) is 31.4 Å². The molecular weight excluding hydrogens is 447 g/mol. The van der Waals surface area contributed by atoms with Crippen molar-refractivity contribution in [1.82, 2.24) is 9.88 Å². The average molecular weight is 476 g/mol. The molecule has 6 nitrogen and oxygen atoms in total. The van der Waals surface area contributed by atoms with Crippen LogP contribution in [-0.2, 0) is 11.0 Å². The summed E-state index contributed by atoms with van der Waals surface area (Å²) < 4.78 is 43.4. The van der Waals surface area contributed by atoms with Crippen molar-refractivity contribution in [1.29, 1.82) is 0 Å². The highest BCUT2D eigenvalue weighted by molar-refractivity contribution is 5.98. The number of pyridine rings is 1. The molecule has 1 amide bonds. The molecule has 0 atom stereocenters. The molecule has 0 aliphatic carbocycles. The number of ketones is 1. The maximum absolute atomic E-state index is 13.0. The monoisotopic (exact) mass is 475 g/mol. The Hall–Kier alpha value is -3.10. The largest absolute Gasteiger partial charge is 0.497 e. The Morgan fingerprint density at radius 2 is 1.53 bits per heavy atom. The number of ether oxygens (including phenoxy) is 1. The highest BCUT2D eigenvalue weighted by Crippen LogP contribution is 2.31. The van der Waals surface area contributed by atoms with Gasteiger partial charge >= 0.3 is 6.18 Å². The van der Waals surface area contributed by atoms with Gasteiger partial charge in [0.05, 0.1) is 12.7 Å². The lowest BCUT2D eigenvalue weighted by Crippen LogP contribution is -2.46. The summed E-state index contributed by atoms with van der Waals surface area (Å²) in [4.78, 5) is 33.6. The molecule has 0 spiro atoms. The molecule has 2 aliphatic heterocycles. The highest BCUT2D eigenvalue weighted by Gasteiger charge is 2.34. The topological polar surface area (TPSA) is 62.7 Å². The van der Waals surface area contributed by atoms with Crippen LogP contribution in [0, 0.1) is 11.8 Å². The Labute approximate surface area is 196 Å². The molecule has 1 aromatic carbocycles. The van der Waals surface area contributed by atoms with Crippen molar-refractivity contribution < 1.29 is 27.5 Å². The standard InChI is InChI=1S/C25H28F3N3O3/c1-34-21-5-2-17(3-6-21)23(32)18-8-14-31(15-9-18)24(33)19-10-12-30(13-11-19)22-7-4-20(16-29-22)25(26,27)28/h2-7,16,18-19H,8-15H2,1H3. The van der Waals surface area contributed by atoms with Crippen molar-refractivity contribution in [2.45, 2.75) is 31.9 Å². The zero-order valence-corrected chi connectivity index (χ0v) is 19.1. The van der Waals surface area contributed by atoms with Gasteiger partial charge in [0.1, 0.15) is 11.6 Å². The first-order valence-corrected chi connectivity index (χ1v) is 11.5. The molecule has 34 heavy (non-hydrogen) atoms. The molecule has 0 N–H and O–H groups in total. The van der Waals surface area contributed by atoms with E-state index in [-0.39, 0.29) is 23.5 Å². The molecule has 0 radical (unpaired) electrons. The lowest BCUT2D eigenvalue weighted by Gasteiger charge is -2.37. The quantitative estimate of drug-likeness (QED) is 0.598. The molecule has 0 unspecified atom stereocenters. The minimum Gasteiger partial charge on any atom is -0.497 e. The molecule has 182 valence electrons. The summed E-state index contributed by atoms with van der Waals surface area (Å²) in [6, 6.07) is 9.53. The number of halogens is 3. The van der Waals surface area contributed by atoms with E-state index in [9.17, 15) is 22.8 Å². The first-order chi connectivity index (χ1) is 16.3. The molecule has 0 saturated carbocycles. The van der Waals surface area contributed by atoms with Gasteiger partial charge in [-0.15, -0.1) is 0 Å². The van der Waals surface area contributed by atoms with Crippen LogP contribution >= 0.6 is 0 Å². The minimum atomic E-state index is -4.41. The van der Waals surface area contributed by atoms with Gasteiger partial charge in [-0.2, -0.15) is 13.2 Å². The van der Waals surface area contributed by atoms with Crippen molar-refractivity contribution >= 4 is 17.5 Å². The second-order valence-electron chi connectivity index (χ2n) is 8.86. The van der Waals surface area contributed by atoms with E-state index in [2.05, 4.69) is 4.98 Å². The number of carbonyl (C=O) groups excluding carboxylic acids is 2. The van der Waals surface area contributed by atoms with Crippen LogP contribution in [0.2, 0.25) is 0 Å². The number of hydrogen-bond donors (Lipinski definition) is 0. The lowest BCUT2D eigenvalue weighted by atomic mass is 9.87. The molecular formula is C25H28F3N3O3. The average Bonchev–Trinajstić information content (AvgIpc) is 2.87. The molecule has 0 bridgehead atoms. The molecule has 1 aromatic heterocycles. The summed E-state index contributed by atoms with van der Waals surface area (Å²) in [5.74, 6) is 1.21. The number of likely N-dealkylation sites (tertiary alicyclic amines) is 1. The summed E-state index contributed by atoms with van der Waals surface area (Å²) in [5, 5.41) is 0. The third-order valence-electron chi connectivity index (χ3n) is 6.80. The van der Waals surface area contributed by atoms with E-state index in [1.807, 2.05) is 9.80 Å². The van der Waals surface area contributed by atoms with E-state index in [4.69, 9.17) is 4.74 Å². The number of nitrogens with zero attached hydrogens (tertiary/aromatic N) is 3. The molecule has 2 aliphatic rings. The summed E-state index contributed by atoms with van der Waals surface area (Å²) in [5.41, 5.74) is -0.106. The van der Waals surface area contributed by atoms with Gasteiger partial charge in [-0.25, -0.2) is 4.98 Å². The van der Waals surface area contributed by atoms with Crippen LogP contribution in [0.3, 0.4) is 0 Å². The van der Waals surface area contributed by atoms with Crippen molar-refractivity contribution in [3.63, 3.8) is 0 Å². The second-order valence-corrected chi connectivity index (χ2v) is 8.86. The van der Waals surface area contributed by atoms with Crippen LogP contribution in [0.15, 0.2) is 42.6 Å². The van der Waals surface area contributed by atoms with Gasteiger partial charge in [0, 0.05) is 49.8 Å². The second kappa shape index (κ2) is 10.0. The smallest absolute Gasteiger partial charge is 0.417 e. The predicted molar refractivity (Wildman–Crippen MR) is 121 cm³/mol. The number of benzene rings is 1. The van der Waals surface area contributed by atoms with Crippen molar-refractivity contribution in [3.8, 4) is 5.75 Å². The van der Waals surface area contributed by atoms with Gasteiger partial charge in [0.2, 0.25) is 5.91 Å². The van der Waals surface area contributed by atoms with Crippen LogP contribution in [0.5, 0.6) is 5.75 Å². The summed E-state index contributed by atoms with van der Waals surface area (Å²) in [6.07, 6.45) is -1.00. The lowest BCUT2D eigenvalue weighted by molar-refractivity contribution is -0.138. The molecule has 2 fully saturated rings. The number of methoxy groups -OCH3 is 1. The molecule has 2 saturated heterocycles.